The van der Waals surface area contributed by atoms with Gasteiger partial charge in [0.2, 0.25) is 0 Å². The molecule has 0 bridgehead atoms. The van der Waals surface area contributed by atoms with Gasteiger partial charge in [-0.05, 0) is 12.8 Å². The number of anilines is 1. The average molecular weight is 271 g/mol. The molecule has 2 heterocycles. The molecule has 0 spiro atoms. The zero-order valence-electron chi connectivity index (χ0n) is 9.57. The molecule has 7 nitrogen and oxygen atoms in total. The molecular formula is C10H13N3O4S. The zero-order valence-corrected chi connectivity index (χ0v) is 10.4. The van der Waals surface area contributed by atoms with Gasteiger partial charge in [0.15, 0.2) is 9.84 Å². The molecule has 1 aromatic heterocycles. The second-order valence-electron chi connectivity index (χ2n) is 4.17. The molecule has 1 N–H and O–H groups in total. The lowest BCUT2D eigenvalue weighted by molar-refractivity contribution is -0.384. The van der Waals surface area contributed by atoms with Crippen molar-refractivity contribution in [2.24, 2.45) is 0 Å². The van der Waals surface area contributed by atoms with Gasteiger partial charge in [0.05, 0.1) is 22.0 Å². The molecular weight excluding hydrogens is 258 g/mol. The first kappa shape index (κ1) is 12.7. The first-order chi connectivity index (χ1) is 8.49. The number of aromatic nitrogens is 1. The molecule has 18 heavy (non-hydrogen) atoms. The van der Waals surface area contributed by atoms with E-state index in [0.717, 1.165) is 0 Å². The summed E-state index contributed by atoms with van der Waals surface area (Å²) in [5, 5.41) is 13.0. The fraction of sp³-hybridized carbons (Fsp3) is 0.500. The van der Waals surface area contributed by atoms with Crippen molar-refractivity contribution in [3.8, 4) is 0 Å². The highest BCUT2D eigenvalue weighted by atomic mass is 32.2. The summed E-state index contributed by atoms with van der Waals surface area (Å²) in [4.78, 5) is 14.0. The van der Waals surface area contributed by atoms with Crippen LogP contribution in [0, 0.1) is 10.1 Å². The van der Waals surface area contributed by atoms with E-state index < -0.39 is 20.0 Å². The van der Waals surface area contributed by atoms with Crippen LogP contribution in [0.5, 0.6) is 0 Å². The third-order valence-corrected chi connectivity index (χ3v) is 5.20. The van der Waals surface area contributed by atoms with E-state index in [9.17, 15) is 18.5 Å². The molecule has 1 atom stereocenters. The van der Waals surface area contributed by atoms with Crippen LogP contribution in [0.2, 0.25) is 0 Å². The van der Waals surface area contributed by atoms with Crippen LogP contribution in [0.3, 0.4) is 0 Å². The Kier molecular flexibility index (Phi) is 3.46. The van der Waals surface area contributed by atoms with Crippen molar-refractivity contribution in [1.29, 1.82) is 0 Å². The van der Waals surface area contributed by atoms with E-state index in [1.807, 2.05) is 0 Å². The molecule has 0 aromatic carbocycles. The summed E-state index contributed by atoms with van der Waals surface area (Å²) in [5.41, 5.74) is -0.0678. The highest BCUT2D eigenvalue weighted by Crippen LogP contribution is 2.21. The van der Waals surface area contributed by atoms with Gasteiger partial charge in [0.25, 0.3) is 5.69 Å². The molecule has 1 aromatic rings. The topological polar surface area (TPSA) is 102 Å². The van der Waals surface area contributed by atoms with Crippen molar-refractivity contribution >= 4 is 21.3 Å². The second kappa shape index (κ2) is 4.89. The van der Waals surface area contributed by atoms with Gasteiger partial charge in [-0.15, -0.1) is 0 Å². The van der Waals surface area contributed by atoms with Crippen molar-refractivity contribution < 1.29 is 13.3 Å². The summed E-state index contributed by atoms with van der Waals surface area (Å²) in [5.74, 6) is 0.549. The maximum absolute atomic E-state index is 11.6. The fourth-order valence-corrected chi connectivity index (χ4v) is 3.70. The van der Waals surface area contributed by atoms with Crippen molar-refractivity contribution in [2.45, 2.75) is 18.1 Å². The molecule has 98 valence electrons. The standard InChI is InChI=1S/C10H13N3O4S/c14-13(15)8-3-4-11-10(6-8)12-7-9-2-1-5-18(9,16)17/h3-4,6,9H,1-2,5,7H2,(H,11,12). The Bertz CT molecular complexity index is 558. The maximum atomic E-state index is 11.6. The smallest absolute Gasteiger partial charge is 0.274 e. The van der Waals surface area contributed by atoms with Crippen LogP contribution in [-0.4, -0.2) is 35.9 Å². The minimum absolute atomic E-state index is 0.0678. The fourth-order valence-electron chi connectivity index (χ4n) is 1.94. The van der Waals surface area contributed by atoms with Gasteiger partial charge in [-0.2, -0.15) is 0 Å². The lowest BCUT2D eigenvalue weighted by Gasteiger charge is -2.10. The lowest BCUT2D eigenvalue weighted by Crippen LogP contribution is -2.25. The summed E-state index contributed by atoms with van der Waals surface area (Å²) in [6, 6.07) is 2.58. The number of hydrogen-bond acceptors (Lipinski definition) is 6. The van der Waals surface area contributed by atoms with E-state index in [1.165, 1.54) is 18.3 Å². The Balaban J connectivity index is 2.02. The molecule has 1 aliphatic rings. The Morgan fingerprint density at radius 1 is 1.56 bits per heavy atom. The number of nitrogens with zero attached hydrogens (tertiary/aromatic N) is 2. The summed E-state index contributed by atoms with van der Waals surface area (Å²) < 4.78 is 23.2. The Hall–Kier alpha value is -1.70. The number of pyridine rings is 1. The molecule has 1 unspecified atom stereocenters. The third-order valence-electron chi connectivity index (χ3n) is 2.93. The highest BCUT2D eigenvalue weighted by molar-refractivity contribution is 7.92. The quantitative estimate of drug-likeness (QED) is 0.647. The number of nitrogens with one attached hydrogen (secondary N) is 1. The van der Waals surface area contributed by atoms with E-state index in [1.54, 1.807) is 0 Å². The zero-order chi connectivity index (χ0) is 13.2. The molecule has 1 saturated heterocycles. The molecule has 0 saturated carbocycles. The maximum Gasteiger partial charge on any atom is 0.274 e. The Morgan fingerprint density at radius 3 is 2.94 bits per heavy atom. The van der Waals surface area contributed by atoms with Crippen molar-refractivity contribution in [3.63, 3.8) is 0 Å². The summed E-state index contributed by atoms with van der Waals surface area (Å²) in [6.45, 7) is 0.247. The SMILES string of the molecule is O=[N+]([O-])c1ccnc(NCC2CCCS2(=O)=O)c1. The van der Waals surface area contributed by atoms with Gasteiger partial charge in [0.1, 0.15) is 5.82 Å². The lowest BCUT2D eigenvalue weighted by atomic mass is 10.2. The van der Waals surface area contributed by atoms with Crippen molar-refractivity contribution in [3.05, 3.63) is 28.4 Å². The predicted octanol–water partition coefficient (Wildman–Crippen LogP) is 0.979. The molecule has 2 rings (SSSR count). The van der Waals surface area contributed by atoms with Crippen LogP contribution in [-0.2, 0) is 9.84 Å². The van der Waals surface area contributed by atoms with E-state index in [4.69, 9.17) is 0 Å². The van der Waals surface area contributed by atoms with Crippen LogP contribution >= 0.6 is 0 Å². The summed E-state index contributed by atoms with van der Waals surface area (Å²) in [6.07, 6.45) is 2.63. The highest BCUT2D eigenvalue weighted by Gasteiger charge is 2.30. The largest absolute Gasteiger partial charge is 0.369 e. The Morgan fingerprint density at radius 2 is 2.33 bits per heavy atom. The first-order valence-corrected chi connectivity index (χ1v) is 7.26. The third kappa shape index (κ3) is 2.76. The monoisotopic (exact) mass is 271 g/mol. The van der Waals surface area contributed by atoms with Crippen LogP contribution in [0.1, 0.15) is 12.8 Å². The van der Waals surface area contributed by atoms with Gasteiger partial charge in [0, 0.05) is 18.8 Å². The molecule has 1 fully saturated rings. The minimum Gasteiger partial charge on any atom is -0.369 e. The Labute approximate surface area is 104 Å². The van der Waals surface area contributed by atoms with Crippen LogP contribution < -0.4 is 5.32 Å². The van der Waals surface area contributed by atoms with Crippen molar-refractivity contribution in [2.75, 3.05) is 17.6 Å². The molecule has 0 aliphatic carbocycles. The molecule has 0 radical (unpaired) electrons. The predicted molar refractivity (Wildman–Crippen MR) is 66.2 cm³/mol. The summed E-state index contributed by atoms with van der Waals surface area (Å²) >= 11 is 0. The number of sulfone groups is 1. The van der Waals surface area contributed by atoms with E-state index in [2.05, 4.69) is 10.3 Å². The van der Waals surface area contributed by atoms with E-state index >= 15 is 0 Å². The van der Waals surface area contributed by atoms with E-state index in [-0.39, 0.29) is 18.0 Å². The number of nitro groups is 1. The number of hydrogen-bond donors (Lipinski definition) is 1. The van der Waals surface area contributed by atoms with Gasteiger partial charge in [-0.1, -0.05) is 0 Å². The molecule has 8 heteroatoms. The van der Waals surface area contributed by atoms with Crippen LogP contribution in [0.15, 0.2) is 18.3 Å². The van der Waals surface area contributed by atoms with Gasteiger partial charge >= 0.3 is 0 Å². The molecule has 0 amide bonds. The minimum atomic E-state index is -3.01. The van der Waals surface area contributed by atoms with Gasteiger partial charge in [-0.3, -0.25) is 10.1 Å². The number of rotatable bonds is 4. The van der Waals surface area contributed by atoms with Crippen LogP contribution in [0.4, 0.5) is 11.5 Å². The first-order valence-electron chi connectivity index (χ1n) is 5.55. The van der Waals surface area contributed by atoms with Crippen molar-refractivity contribution in [1.82, 2.24) is 4.98 Å². The normalized spacial score (nSPS) is 21.7. The summed E-state index contributed by atoms with van der Waals surface area (Å²) in [7, 11) is -3.01. The second-order valence-corrected chi connectivity index (χ2v) is 6.57. The van der Waals surface area contributed by atoms with Crippen LogP contribution in [0.25, 0.3) is 0 Å². The van der Waals surface area contributed by atoms with Gasteiger partial charge in [-0.25, -0.2) is 13.4 Å². The van der Waals surface area contributed by atoms with Gasteiger partial charge < -0.3 is 5.32 Å². The molecule has 1 aliphatic heterocycles. The average Bonchev–Trinajstić information content (AvgIpc) is 2.66. The van der Waals surface area contributed by atoms with E-state index in [0.29, 0.717) is 18.7 Å².